The summed E-state index contributed by atoms with van der Waals surface area (Å²) in [4.78, 5) is 2.62. The van der Waals surface area contributed by atoms with Crippen LogP contribution in [0.5, 0.6) is 0 Å². The predicted octanol–water partition coefficient (Wildman–Crippen LogP) is 17.9. The number of benzene rings is 8. The minimum Gasteiger partial charge on any atom is -0.399 e. The molecule has 5 heteroatoms. The van der Waals surface area contributed by atoms with Gasteiger partial charge < -0.3 is 16.8 Å². The second-order valence-electron chi connectivity index (χ2n) is 17.9. The third-order valence-electron chi connectivity index (χ3n) is 12.7. The van der Waals surface area contributed by atoms with Gasteiger partial charge in [-0.05, 0) is 151 Å². The minimum atomic E-state index is 0.613. The van der Waals surface area contributed by atoms with E-state index in [1.165, 1.54) is 76.6 Å². The van der Waals surface area contributed by atoms with Gasteiger partial charge in [0.25, 0.3) is 0 Å². The van der Waals surface area contributed by atoms with E-state index in [4.69, 9.17) is 11.5 Å². The normalized spacial score (nSPS) is 15.7. The molecule has 1 aliphatic carbocycles. The predicted molar refractivity (Wildman–Crippen MR) is 319 cm³/mol. The maximum Gasteiger partial charge on any atom is 0.0422 e. The average molecular weight is 982 g/mol. The van der Waals surface area contributed by atoms with Gasteiger partial charge in [-0.25, -0.2) is 0 Å². The Bertz CT molecular complexity index is 3410. The van der Waals surface area contributed by atoms with Gasteiger partial charge in [0, 0.05) is 44.7 Å². The number of allylic oxidation sites excluding steroid dienone is 10. The van der Waals surface area contributed by atoms with Crippen molar-refractivity contribution in [2.75, 3.05) is 17.6 Å². The van der Waals surface area contributed by atoms with Gasteiger partial charge in [-0.3, -0.25) is 0 Å². The summed E-state index contributed by atoms with van der Waals surface area (Å²) < 4.78 is 0. The quantitative estimate of drug-likeness (QED) is 0.119. The molecule has 2 heterocycles. The van der Waals surface area contributed by atoms with E-state index in [1.807, 2.05) is 59.7 Å². The molecule has 3 nitrogen and oxygen atoms in total. The van der Waals surface area contributed by atoms with Crippen molar-refractivity contribution in [3.8, 4) is 55.6 Å². The summed E-state index contributed by atoms with van der Waals surface area (Å²) in [7, 11) is 0. The van der Waals surface area contributed by atoms with Crippen molar-refractivity contribution >= 4 is 40.4 Å². The Kier molecular flexibility index (Phi) is 16.9. The molecule has 5 N–H and O–H groups in total. The van der Waals surface area contributed by atoms with Crippen molar-refractivity contribution in [1.82, 2.24) is 0 Å². The van der Waals surface area contributed by atoms with E-state index in [2.05, 4.69) is 225 Å². The lowest BCUT2D eigenvalue weighted by atomic mass is 9.90. The van der Waals surface area contributed by atoms with Gasteiger partial charge in [0.15, 0.2) is 0 Å². The first-order valence-corrected chi connectivity index (χ1v) is 26.5. The van der Waals surface area contributed by atoms with Crippen molar-refractivity contribution in [3.05, 3.63) is 296 Å². The lowest BCUT2D eigenvalue weighted by Gasteiger charge is -2.16. The zero-order valence-corrected chi connectivity index (χ0v) is 42.5. The molecule has 8 aromatic carbocycles. The number of fused-ring (bicyclic) bond motifs is 5. The third kappa shape index (κ3) is 13.2. The van der Waals surface area contributed by atoms with Gasteiger partial charge in [0.2, 0.25) is 0 Å². The standard InChI is InChI=1S/C43H35N.C13H13NS.C12H11NS/c1-2-3-4-5-12-28-44-43-27-26-40(38-23-14-21-36(30-38)34-18-10-7-11-19-34)32-42(43)41-25-15-24-39(31-41)37-22-13-20-35(29-37)33-16-8-6-9-17-33;14-11-6-9-5-10(7-11)12-3-1-2-4-13(12)15-8-9;1-9-8-10(13)6-7-14-12-5-3-2-4-11(9)12/h2-27,29-32,44H,1,28H2;1-4,6-7,9H,5,8,14H2;2-8H,1,13H2/b4-3-,12-5-;;7-6-,10-8+. The van der Waals surface area contributed by atoms with E-state index in [0.29, 0.717) is 5.92 Å². The number of anilines is 1. The van der Waals surface area contributed by atoms with Crippen molar-refractivity contribution in [1.29, 1.82) is 0 Å². The zero-order chi connectivity index (χ0) is 50.2. The first-order chi connectivity index (χ1) is 35.9. The molecule has 0 saturated heterocycles. The highest BCUT2D eigenvalue weighted by molar-refractivity contribution is 8.02. The lowest BCUT2D eigenvalue weighted by Crippen LogP contribution is -2.08. The van der Waals surface area contributed by atoms with Crippen LogP contribution in [-0.2, 0) is 0 Å². The molecule has 2 bridgehead atoms. The van der Waals surface area contributed by atoms with Crippen LogP contribution in [0.2, 0.25) is 0 Å². The monoisotopic (exact) mass is 981 g/mol. The van der Waals surface area contributed by atoms with E-state index in [0.717, 1.165) is 46.9 Å². The topological polar surface area (TPSA) is 64.1 Å². The van der Waals surface area contributed by atoms with Gasteiger partial charge >= 0.3 is 0 Å². The van der Waals surface area contributed by atoms with E-state index < -0.39 is 0 Å². The van der Waals surface area contributed by atoms with E-state index >= 15 is 0 Å². The average Bonchev–Trinajstić information content (AvgIpc) is 3.57. The molecule has 0 saturated carbocycles. The Morgan fingerprint density at radius 1 is 0.507 bits per heavy atom. The van der Waals surface area contributed by atoms with Crippen LogP contribution in [0, 0.1) is 5.92 Å². The lowest BCUT2D eigenvalue weighted by molar-refractivity contribution is 0.756. The summed E-state index contributed by atoms with van der Waals surface area (Å²) in [6, 6.07) is 71.1. The molecule has 0 radical (unpaired) electrons. The van der Waals surface area contributed by atoms with Crippen LogP contribution >= 0.6 is 23.5 Å². The zero-order valence-electron chi connectivity index (χ0n) is 40.9. The van der Waals surface area contributed by atoms with Crippen LogP contribution in [0.15, 0.2) is 295 Å². The molecule has 1 unspecified atom stereocenters. The molecule has 358 valence electrons. The molecule has 73 heavy (non-hydrogen) atoms. The highest BCUT2D eigenvalue weighted by Gasteiger charge is 2.22. The Morgan fingerprint density at radius 3 is 1.71 bits per heavy atom. The highest BCUT2D eigenvalue weighted by atomic mass is 32.2. The molecule has 2 aliphatic heterocycles. The van der Waals surface area contributed by atoms with Crippen molar-refractivity contribution in [3.63, 3.8) is 0 Å². The van der Waals surface area contributed by atoms with Crippen LogP contribution in [0.4, 0.5) is 5.69 Å². The first kappa shape index (κ1) is 49.7. The van der Waals surface area contributed by atoms with E-state index in [9.17, 15) is 0 Å². The van der Waals surface area contributed by atoms with Gasteiger partial charge in [0.05, 0.1) is 0 Å². The van der Waals surface area contributed by atoms with Crippen LogP contribution in [-0.4, -0.2) is 12.3 Å². The molecule has 1 atom stereocenters. The highest BCUT2D eigenvalue weighted by Crippen LogP contribution is 2.41. The first-order valence-electron chi connectivity index (χ1n) is 24.6. The van der Waals surface area contributed by atoms with E-state index in [-0.39, 0.29) is 0 Å². The molecule has 0 amide bonds. The molecule has 0 aromatic heterocycles. The number of nitrogens with two attached hydrogens (primary N) is 2. The summed E-state index contributed by atoms with van der Waals surface area (Å²) in [5.74, 6) is 1.76. The number of nitrogens with one attached hydrogen (secondary N) is 1. The maximum absolute atomic E-state index is 5.93. The number of rotatable bonds is 10. The SMILES string of the molecule is C=C/C=C\C=C/CNc1ccc(-c2cccc(-c3ccccc3)c2)cc1-c1cccc(-c2cccc(-c3ccccc3)c2)c1.C=C1/C=C(N)\C=C/Sc2ccccc21.NC1=CC2CSc3ccccc3C(=C1)C2. The second-order valence-corrected chi connectivity index (χ2v) is 19.9. The van der Waals surface area contributed by atoms with Gasteiger partial charge in [-0.1, -0.05) is 219 Å². The van der Waals surface area contributed by atoms with Gasteiger partial charge in [-0.15, -0.1) is 11.8 Å². The van der Waals surface area contributed by atoms with Crippen molar-refractivity contribution in [2.24, 2.45) is 17.4 Å². The maximum atomic E-state index is 5.93. The Hall–Kier alpha value is -8.22. The Morgan fingerprint density at radius 2 is 1.05 bits per heavy atom. The fourth-order valence-electron chi connectivity index (χ4n) is 9.08. The molecule has 0 fully saturated rings. The smallest absolute Gasteiger partial charge is 0.0422 e. The summed E-state index contributed by atoms with van der Waals surface area (Å²) >= 11 is 3.62. The number of thioether (sulfide) groups is 2. The van der Waals surface area contributed by atoms with Crippen molar-refractivity contribution < 1.29 is 0 Å². The number of hydrogen-bond acceptors (Lipinski definition) is 5. The second kappa shape index (κ2) is 24.8. The van der Waals surface area contributed by atoms with E-state index in [1.54, 1.807) is 17.8 Å². The molecular weight excluding hydrogens is 923 g/mol. The van der Waals surface area contributed by atoms with Gasteiger partial charge in [-0.2, -0.15) is 0 Å². The molecule has 3 aliphatic rings. The molecular formula is C68H59N3S2. The largest absolute Gasteiger partial charge is 0.399 e. The molecule has 8 aromatic rings. The molecule has 11 rings (SSSR count). The fourth-order valence-corrected chi connectivity index (χ4v) is 11.1. The fraction of sp³-hybridized carbons (Fsp3) is 0.0588. The number of hydrogen-bond donors (Lipinski definition) is 3. The third-order valence-corrected chi connectivity index (χ3v) is 14.8. The van der Waals surface area contributed by atoms with Crippen LogP contribution in [0.3, 0.4) is 0 Å². The van der Waals surface area contributed by atoms with Crippen LogP contribution in [0.1, 0.15) is 17.5 Å². The molecule has 0 spiro atoms. The van der Waals surface area contributed by atoms with Crippen molar-refractivity contribution in [2.45, 2.75) is 16.2 Å². The summed E-state index contributed by atoms with van der Waals surface area (Å²) in [5, 5.41) is 5.65. The Labute approximate surface area is 440 Å². The Balaban J connectivity index is 0.000000181. The van der Waals surface area contributed by atoms with Gasteiger partial charge in [0.1, 0.15) is 0 Å². The summed E-state index contributed by atoms with van der Waals surface area (Å²) in [5.41, 5.74) is 31.3. The summed E-state index contributed by atoms with van der Waals surface area (Å²) in [6.07, 6.45) is 19.1. The van der Waals surface area contributed by atoms with Crippen LogP contribution in [0.25, 0.3) is 66.8 Å². The minimum absolute atomic E-state index is 0.613. The summed E-state index contributed by atoms with van der Waals surface area (Å²) in [6.45, 7) is 8.46. The van der Waals surface area contributed by atoms with Crippen LogP contribution < -0.4 is 16.8 Å².